The van der Waals surface area contributed by atoms with Crippen LogP contribution in [0, 0.1) is 6.92 Å². The number of rotatable bonds is 2. The summed E-state index contributed by atoms with van der Waals surface area (Å²) in [6.07, 6.45) is 3.65. The van der Waals surface area contributed by atoms with E-state index in [1.54, 1.807) is 22.7 Å². The lowest BCUT2D eigenvalue weighted by molar-refractivity contribution is 0.719. The summed E-state index contributed by atoms with van der Waals surface area (Å²) in [4.78, 5) is 21.5. The maximum absolute atomic E-state index is 12.5. The minimum absolute atomic E-state index is 0.00971. The highest BCUT2D eigenvalue weighted by Gasteiger charge is 2.15. The average molecular weight is 298 g/mol. The molecule has 0 bridgehead atoms. The molecule has 4 rings (SSSR count). The first-order valence-corrected chi connectivity index (χ1v) is 7.84. The molecule has 0 fully saturated rings. The van der Waals surface area contributed by atoms with Crippen molar-refractivity contribution >= 4 is 22.7 Å². The predicted octanol–water partition coefficient (Wildman–Crippen LogP) is 2.06. The van der Waals surface area contributed by atoms with E-state index in [2.05, 4.69) is 14.5 Å². The van der Waals surface area contributed by atoms with Gasteiger partial charge in [0, 0.05) is 18.5 Å². The van der Waals surface area contributed by atoms with E-state index in [0.29, 0.717) is 11.9 Å². The van der Waals surface area contributed by atoms with Crippen molar-refractivity contribution in [3.8, 4) is 0 Å². The van der Waals surface area contributed by atoms with Crippen LogP contribution in [-0.2, 0) is 13.1 Å². The first-order chi connectivity index (χ1) is 10.2. The zero-order valence-electron chi connectivity index (χ0n) is 11.6. The smallest absolute Gasteiger partial charge is 0.261 e. The Morgan fingerprint density at radius 1 is 1.38 bits per heavy atom. The molecule has 1 aromatic carbocycles. The number of imidazole rings is 1. The van der Waals surface area contributed by atoms with E-state index in [9.17, 15) is 4.79 Å². The molecular weight excluding hydrogens is 284 g/mol. The Labute approximate surface area is 125 Å². The Hall–Kier alpha value is -2.08. The second-order valence-corrected chi connectivity index (χ2v) is 6.27. The number of nitrogens with zero attached hydrogens (tertiary/aromatic N) is 4. The molecule has 0 spiro atoms. The third-order valence-electron chi connectivity index (χ3n) is 3.74. The molecule has 1 aliphatic heterocycles. The van der Waals surface area contributed by atoms with Crippen LogP contribution in [0.4, 0.5) is 0 Å². The summed E-state index contributed by atoms with van der Waals surface area (Å²) in [5.41, 5.74) is 2.70. The van der Waals surface area contributed by atoms with E-state index in [-0.39, 0.29) is 5.56 Å². The van der Waals surface area contributed by atoms with Gasteiger partial charge >= 0.3 is 0 Å². The standard InChI is InChI=1S/C15H14N4OS/c1-10-3-2-4-12-13(10)16-9-19(14(12)20)8-11-7-18-5-6-21-15(18)17-11/h2-4,7,9H,5-6,8H2,1H3. The molecule has 0 radical (unpaired) electrons. The second kappa shape index (κ2) is 4.73. The minimum atomic E-state index is -0.00971. The zero-order valence-corrected chi connectivity index (χ0v) is 12.4. The van der Waals surface area contributed by atoms with Crippen LogP contribution in [0.2, 0.25) is 0 Å². The average Bonchev–Trinajstić information content (AvgIpc) is 3.04. The van der Waals surface area contributed by atoms with Gasteiger partial charge in [-0.15, -0.1) is 0 Å². The van der Waals surface area contributed by atoms with E-state index >= 15 is 0 Å². The number of thioether (sulfide) groups is 1. The molecule has 0 atom stereocenters. The van der Waals surface area contributed by atoms with Gasteiger partial charge in [0.25, 0.3) is 5.56 Å². The van der Waals surface area contributed by atoms with E-state index < -0.39 is 0 Å². The Morgan fingerprint density at radius 2 is 2.29 bits per heavy atom. The number of aromatic nitrogens is 4. The van der Waals surface area contributed by atoms with Crippen LogP contribution >= 0.6 is 11.8 Å². The molecule has 3 heterocycles. The van der Waals surface area contributed by atoms with Crippen LogP contribution in [0.15, 0.2) is 40.7 Å². The highest BCUT2D eigenvalue weighted by molar-refractivity contribution is 7.99. The molecule has 6 heteroatoms. The van der Waals surface area contributed by atoms with Gasteiger partial charge in [-0.25, -0.2) is 9.97 Å². The number of benzene rings is 1. The zero-order chi connectivity index (χ0) is 14.4. The third kappa shape index (κ3) is 2.06. The summed E-state index contributed by atoms with van der Waals surface area (Å²) in [6.45, 7) is 3.43. The SMILES string of the molecule is Cc1cccc2c(=O)n(Cc3cn4c(n3)SCC4)cnc12. The lowest BCUT2D eigenvalue weighted by atomic mass is 10.1. The van der Waals surface area contributed by atoms with Gasteiger partial charge in [-0.2, -0.15) is 0 Å². The lowest BCUT2D eigenvalue weighted by Crippen LogP contribution is -2.21. The molecule has 0 amide bonds. The summed E-state index contributed by atoms with van der Waals surface area (Å²) < 4.78 is 3.77. The van der Waals surface area contributed by atoms with Crippen molar-refractivity contribution in [2.45, 2.75) is 25.2 Å². The van der Waals surface area contributed by atoms with Crippen LogP contribution in [-0.4, -0.2) is 24.9 Å². The van der Waals surface area contributed by atoms with Gasteiger partial charge in [0.15, 0.2) is 5.16 Å². The van der Waals surface area contributed by atoms with E-state index in [1.165, 1.54) is 0 Å². The van der Waals surface area contributed by atoms with Crippen LogP contribution in [0.5, 0.6) is 0 Å². The van der Waals surface area contributed by atoms with Gasteiger partial charge in [-0.3, -0.25) is 9.36 Å². The molecule has 0 N–H and O–H groups in total. The van der Waals surface area contributed by atoms with Crippen LogP contribution in [0.1, 0.15) is 11.3 Å². The first-order valence-electron chi connectivity index (χ1n) is 6.86. The molecular formula is C15H14N4OS. The quantitative estimate of drug-likeness (QED) is 0.726. The molecule has 3 aromatic rings. The molecule has 2 aromatic heterocycles. The van der Waals surface area contributed by atoms with Gasteiger partial charge < -0.3 is 4.57 Å². The lowest BCUT2D eigenvalue weighted by Gasteiger charge is -2.06. The molecule has 21 heavy (non-hydrogen) atoms. The highest BCUT2D eigenvalue weighted by Crippen LogP contribution is 2.24. The summed E-state index contributed by atoms with van der Waals surface area (Å²) >= 11 is 1.76. The molecule has 0 saturated carbocycles. The fourth-order valence-corrected chi connectivity index (χ4v) is 3.62. The summed E-state index contributed by atoms with van der Waals surface area (Å²) in [7, 11) is 0. The number of para-hydroxylation sites is 1. The highest BCUT2D eigenvalue weighted by atomic mass is 32.2. The molecule has 5 nitrogen and oxygen atoms in total. The Kier molecular flexibility index (Phi) is 2.85. The number of fused-ring (bicyclic) bond motifs is 2. The van der Waals surface area contributed by atoms with Crippen molar-refractivity contribution in [2.75, 3.05) is 5.75 Å². The van der Waals surface area contributed by atoms with Crippen LogP contribution < -0.4 is 5.56 Å². The van der Waals surface area contributed by atoms with Crippen molar-refractivity contribution in [2.24, 2.45) is 0 Å². The summed E-state index contributed by atoms with van der Waals surface area (Å²) in [5.74, 6) is 1.08. The van der Waals surface area contributed by atoms with Crippen LogP contribution in [0.25, 0.3) is 10.9 Å². The van der Waals surface area contributed by atoms with Gasteiger partial charge in [0.2, 0.25) is 0 Å². The molecule has 0 aliphatic carbocycles. The molecule has 0 saturated heterocycles. The van der Waals surface area contributed by atoms with Gasteiger partial charge in [-0.05, 0) is 18.6 Å². The Balaban J connectivity index is 1.76. The second-order valence-electron chi connectivity index (χ2n) is 5.21. The van der Waals surface area contributed by atoms with Crippen molar-refractivity contribution in [3.05, 3.63) is 52.3 Å². The Morgan fingerprint density at radius 3 is 3.14 bits per heavy atom. The molecule has 1 aliphatic rings. The van der Waals surface area contributed by atoms with E-state index in [0.717, 1.165) is 34.2 Å². The van der Waals surface area contributed by atoms with Gasteiger partial charge in [0.05, 0.1) is 29.5 Å². The van der Waals surface area contributed by atoms with Crippen LogP contribution in [0.3, 0.4) is 0 Å². The van der Waals surface area contributed by atoms with Crippen molar-refractivity contribution in [3.63, 3.8) is 0 Å². The van der Waals surface area contributed by atoms with E-state index in [1.807, 2.05) is 31.3 Å². The third-order valence-corrected chi connectivity index (χ3v) is 4.71. The fraction of sp³-hybridized carbons (Fsp3) is 0.267. The minimum Gasteiger partial charge on any atom is -0.325 e. The maximum atomic E-state index is 12.5. The van der Waals surface area contributed by atoms with Gasteiger partial charge in [0.1, 0.15) is 0 Å². The molecule has 106 valence electrons. The first kappa shape index (κ1) is 12.6. The van der Waals surface area contributed by atoms with Crippen molar-refractivity contribution in [1.82, 2.24) is 19.1 Å². The normalized spacial score (nSPS) is 13.8. The topological polar surface area (TPSA) is 52.7 Å². The molecule has 0 unspecified atom stereocenters. The van der Waals surface area contributed by atoms with E-state index in [4.69, 9.17) is 0 Å². The predicted molar refractivity (Wildman–Crippen MR) is 82.8 cm³/mol. The summed E-state index contributed by atoms with van der Waals surface area (Å²) in [6, 6.07) is 5.69. The number of hydrogen-bond acceptors (Lipinski definition) is 4. The monoisotopic (exact) mass is 298 g/mol. The number of aryl methyl sites for hydroxylation is 2. The summed E-state index contributed by atoms with van der Waals surface area (Å²) in [5, 5.41) is 1.71. The maximum Gasteiger partial charge on any atom is 0.261 e. The number of hydrogen-bond donors (Lipinski definition) is 0. The van der Waals surface area contributed by atoms with Crippen molar-refractivity contribution in [1.29, 1.82) is 0 Å². The van der Waals surface area contributed by atoms with Crippen molar-refractivity contribution < 1.29 is 0 Å². The fourth-order valence-electron chi connectivity index (χ4n) is 2.66. The largest absolute Gasteiger partial charge is 0.325 e. The Bertz CT molecular complexity index is 875. The van der Waals surface area contributed by atoms with Gasteiger partial charge in [-0.1, -0.05) is 23.9 Å².